The molecule has 0 radical (unpaired) electrons. The number of ether oxygens (including phenoxy) is 1. The van der Waals surface area contributed by atoms with E-state index in [9.17, 15) is 0 Å². The molecule has 0 atom stereocenters. The van der Waals surface area contributed by atoms with Gasteiger partial charge < -0.3 is 10.5 Å². The van der Waals surface area contributed by atoms with E-state index in [0.29, 0.717) is 23.0 Å². The van der Waals surface area contributed by atoms with E-state index >= 15 is 0 Å². The van der Waals surface area contributed by atoms with Crippen molar-refractivity contribution in [2.75, 3.05) is 12.8 Å². The molecule has 4 aromatic rings. The van der Waals surface area contributed by atoms with Crippen molar-refractivity contribution < 1.29 is 4.74 Å². The molecule has 2 aromatic carbocycles. The van der Waals surface area contributed by atoms with Gasteiger partial charge in [-0.2, -0.15) is 0 Å². The summed E-state index contributed by atoms with van der Waals surface area (Å²) in [6, 6.07) is 18.9. The van der Waals surface area contributed by atoms with Crippen molar-refractivity contribution in [3.63, 3.8) is 0 Å². The Hall–Kier alpha value is -3.74. The van der Waals surface area contributed by atoms with Crippen LogP contribution in [0.3, 0.4) is 0 Å². The smallest absolute Gasteiger partial charge is 0.223 e. The van der Waals surface area contributed by atoms with Gasteiger partial charge in [0.05, 0.1) is 12.8 Å². The monoisotopic (exact) mass is 344 g/mol. The predicted octanol–water partition coefficient (Wildman–Crippen LogP) is 2.98. The maximum absolute atomic E-state index is 6.09. The third kappa shape index (κ3) is 2.86. The highest BCUT2D eigenvalue weighted by Gasteiger charge is 2.13. The Balaban J connectivity index is 1.73. The summed E-state index contributed by atoms with van der Waals surface area (Å²) < 4.78 is 5.55. The second kappa shape index (κ2) is 6.64. The maximum atomic E-state index is 6.09. The van der Waals surface area contributed by atoms with Gasteiger partial charge in [0.2, 0.25) is 5.82 Å². The topological polar surface area (TPSA) is 91.7 Å². The van der Waals surface area contributed by atoms with Crippen molar-refractivity contribution in [2.45, 2.75) is 0 Å². The molecule has 0 saturated carbocycles. The first-order valence-electron chi connectivity index (χ1n) is 8.01. The fraction of sp³-hybridized carbons (Fsp3) is 0.0526. The Morgan fingerprint density at radius 2 is 1.81 bits per heavy atom. The first-order valence-corrected chi connectivity index (χ1v) is 8.01. The molecule has 2 N–H and O–H groups in total. The van der Waals surface area contributed by atoms with Gasteiger partial charge in [-0.25, -0.2) is 0 Å². The molecule has 2 aromatic heterocycles. The number of anilines is 1. The average Bonchev–Trinajstić information content (AvgIpc) is 3.19. The Kier molecular flexibility index (Phi) is 4.03. The molecule has 7 heteroatoms. The van der Waals surface area contributed by atoms with Crippen molar-refractivity contribution in [2.24, 2.45) is 0 Å². The van der Waals surface area contributed by atoms with Crippen LogP contribution in [-0.4, -0.2) is 32.3 Å². The molecule has 26 heavy (non-hydrogen) atoms. The zero-order chi connectivity index (χ0) is 17.9. The Morgan fingerprint density at radius 3 is 2.58 bits per heavy atom. The summed E-state index contributed by atoms with van der Waals surface area (Å²) in [5.74, 6) is 1.14. The van der Waals surface area contributed by atoms with E-state index in [2.05, 4.69) is 20.4 Å². The van der Waals surface area contributed by atoms with E-state index in [1.54, 1.807) is 13.3 Å². The number of nitrogen functional groups attached to an aromatic ring is 1. The van der Waals surface area contributed by atoms with Gasteiger partial charge in [0, 0.05) is 29.1 Å². The van der Waals surface area contributed by atoms with Crippen molar-refractivity contribution in [3.8, 4) is 34.1 Å². The van der Waals surface area contributed by atoms with Crippen LogP contribution in [0.15, 0.2) is 66.9 Å². The fourth-order valence-electron chi connectivity index (χ4n) is 2.69. The molecule has 0 aliphatic rings. The second-order valence-corrected chi connectivity index (χ2v) is 5.59. The molecule has 0 fully saturated rings. The number of pyridine rings is 1. The largest absolute Gasteiger partial charge is 0.496 e. The molecule has 128 valence electrons. The van der Waals surface area contributed by atoms with Crippen LogP contribution < -0.4 is 10.5 Å². The lowest BCUT2D eigenvalue weighted by Gasteiger charge is -2.12. The first-order chi connectivity index (χ1) is 12.8. The highest BCUT2D eigenvalue weighted by atomic mass is 16.5. The van der Waals surface area contributed by atoms with Crippen molar-refractivity contribution in [3.05, 3.63) is 66.9 Å². The zero-order valence-electron chi connectivity index (χ0n) is 14.1. The molecular formula is C19H16N6O. The number of para-hydroxylation sites is 1. The SMILES string of the molecule is COc1cc(-n2nnc(-c3ccccn3)n2)ccc1-c1ccccc1N. The van der Waals surface area contributed by atoms with E-state index in [4.69, 9.17) is 10.5 Å². The van der Waals surface area contributed by atoms with Crippen LogP contribution in [0.4, 0.5) is 5.69 Å². The second-order valence-electron chi connectivity index (χ2n) is 5.59. The summed E-state index contributed by atoms with van der Waals surface area (Å²) in [6.07, 6.45) is 1.69. The van der Waals surface area contributed by atoms with Crippen LogP contribution in [0.25, 0.3) is 28.3 Å². The van der Waals surface area contributed by atoms with E-state index in [1.807, 2.05) is 60.7 Å². The summed E-state index contributed by atoms with van der Waals surface area (Å²) in [5.41, 5.74) is 9.99. The Labute approximate surface area is 150 Å². The lowest BCUT2D eigenvalue weighted by Crippen LogP contribution is -2.01. The van der Waals surface area contributed by atoms with Crippen LogP contribution in [0, 0.1) is 0 Å². The molecule has 2 heterocycles. The van der Waals surface area contributed by atoms with Gasteiger partial charge in [0.15, 0.2) is 0 Å². The number of benzene rings is 2. The molecule has 0 saturated heterocycles. The number of tetrazole rings is 1. The van der Waals surface area contributed by atoms with Crippen molar-refractivity contribution >= 4 is 5.69 Å². The molecule has 0 spiro atoms. The summed E-state index contributed by atoms with van der Waals surface area (Å²) in [7, 11) is 1.62. The summed E-state index contributed by atoms with van der Waals surface area (Å²) in [6.45, 7) is 0. The van der Waals surface area contributed by atoms with Crippen molar-refractivity contribution in [1.82, 2.24) is 25.2 Å². The number of nitrogens with two attached hydrogens (primary N) is 1. The van der Waals surface area contributed by atoms with Gasteiger partial charge in [-0.15, -0.1) is 15.0 Å². The summed E-state index contributed by atoms with van der Waals surface area (Å²) in [4.78, 5) is 5.69. The Bertz CT molecular complexity index is 1040. The van der Waals surface area contributed by atoms with E-state index in [0.717, 1.165) is 16.8 Å². The van der Waals surface area contributed by atoms with Crippen molar-refractivity contribution in [1.29, 1.82) is 0 Å². The van der Waals surface area contributed by atoms with Gasteiger partial charge in [0.25, 0.3) is 0 Å². The molecule has 0 bridgehead atoms. The van der Waals surface area contributed by atoms with E-state index < -0.39 is 0 Å². The number of rotatable bonds is 4. The third-order valence-corrected chi connectivity index (χ3v) is 3.97. The number of methoxy groups -OCH3 is 1. The van der Waals surface area contributed by atoms with Gasteiger partial charge in [0.1, 0.15) is 11.4 Å². The van der Waals surface area contributed by atoms with Crippen LogP contribution in [0.2, 0.25) is 0 Å². The molecule has 0 aliphatic heterocycles. The average molecular weight is 344 g/mol. The number of nitrogens with zero attached hydrogens (tertiary/aromatic N) is 5. The molecular weight excluding hydrogens is 328 g/mol. The van der Waals surface area contributed by atoms with Crippen LogP contribution in [-0.2, 0) is 0 Å². The lowest BCUT2D eigenvalue weighted by atomic mass is 10.0. The minimum Gasteiger partial charge on any atom is -0.496 e. The number of aromatic nitrogens is 5. The van der Waals surface area contributed by atoms with E-state index in [1.165, 1.54) is 4.80 Å². The normalized spacial score (nSPS) is 10.7. The highest BCUT2D eigenvalue weighted by Crippen LogP contribution is 2.34. The number of hydrogen-bond acceptors (Lipinski definition) is 6. The number of hydrogen-bond donors (Lipinski definition) is 1. The molecule has 7 nitrogen and oxygen atoms in total. The minimum atomic E-state index is 0.459. The van der Waals surface area contributed by atoms with Crippen LogP contribution in [0.1, 0.15) is 0 Å². The standard InChI is InChI=1S/C19H16N6O/c1-26-18-12-13(9-10-15(18)14-6-2-3-7-16(14)20)25-23-19(22-24-25)17-8-4-5-11-21-17/h2-12H,20H2,1H3. The molecule has 4 rings (SSSR count). The lowest BCUT2D eigenvalue weighted by molar-refractivity contribution is 0.416. The van der Waals surface area contributed by atoms with Gasteiger partial charge in [-0.3, -0.25) is 4.98 Å². The van der Waals surface area contributed by atoms with Gasteiger partial charge >= 0.3 is 0 Å². The van der Waals surface area contributed by atoms with Crippen LogP contribution >= 0.6 is 0 Å². The van der Waals surface area contributed by atoms with Gasteiger partial charge in [-0.05, 0) is 35.5 Å². The molecule has 0 aliphatic carbocycles. The minimum absolute atomic E-state index is 0.459. The Morgan fingerprint density at radius 1 is 0.962 bits per heavy atom. The highest BCUT2D eigenvalue weighted by molar-refractivity contribution is 5.81. The predicted molar refractivity (Wildman–Crippen MR) is 98.8 cm³/mol. The summed E-state index contributed by atoms with van der Waals surface area (Å²) >= 11 is 0. The first kappa shape index (κ1) is 15.8. The fourth-order valence-corrected chi connectivity index (χ4v) is 2.69. The zero-order valence-corrected chi connectivity index (χ0v) is 14.1. The van der Waals surface area contributed by atoms with E-state index in [-0.39, 0.29) is 0 Å². The quantitative estimate of drug-likeness (QED) is 0.572. The maximum Gasteiger partial charge on any atom is 0.223 e. The summed E-state index contributed by atoms with van der Waals surface area (Å²) in [5, 5.41) is 12.6. The van der Waals surface area contributed by atoms with Gasteiger partial charge in [-0.1, -0.05) is 24.3 Å². The molecule has 0 unspecified atom stereocenters. The van der Waals surface area contributed by atoms with Crippen LogP contribution in [0.5, 0.6) is 5.75 Å². The molecule has 0 amide bonds. The third-order valence-electron chi connectivity index (χ3n) is 3.97.